The van der Waals surface area contributed by atoms with Crippen LogP contribution >= 0.6 is 0 Å². The molecule has 0 spiro atoms. The summed E-state index contributed by atoms with van der Waals surface area (Å²) >= 11 is 0. The number of nitrogens with zero attached hydrogens (tertiary/aromatic N) is 3. The van der Waals surface area contributed by atoms with E-state index < -0.39 is 11.2 Å². The molecule has 0 aliphatic heterocycles. The lowest BCUT2D eigenvalue weighted by molar-refractivity contribution is 0.414. The molecule has 2 aromatic heterocycles. The molecule has 0 aliphatic carbocycles. The lowest BCUT2D eigenvalue weighted by Crippen LogP contribution is -2.36. The van der Waals surface area contributed by atoms with E-state index in [0.717, 1.165) is 10.1 Å². The second kappa shape index (κ2) is 5.20. The van der Waals surface area contributed by atoms with Gasteiger partial charge in [0, 0.05) is 12.4 Å². The van der Waals surface area contributed by atoms with Crippen molar-refractivity contribution in [3.05, 3.63) is 63.1 Å². The number of ether oxygens (including phenoxy) is 1. The Labute approximate surface area is 118 Å². The molecule has 0 atom stereocenters. The highest BCUT2D eigenvalue weighted by Crippen LogP contribution is 2.11. The van der Waals surface area contributed by atoms with E-state index in [1.165, 1.54) is 12.4 Å². The minimum atomic E-state index is -0.510. The number of hydrogen-bond acceptors (Lipinski definition) is 5. The number of nitrogens with one attached hydrogen (secondary N) is 1. The fourth-order valence-electron chi connectivity index (χ4n) is 2.03. The van der Waals surface area contributed by atoms with Crippen LogP contribution in [0.1, 0.15) is 5.56 Å². The van der Waals surface area contributed by atoms with Crippen molar-refractivity contribution in [2.75, 3.05) is 7.11 Å². The molecular formula is C14H12N4O3. The zero-order valence-electron chi connectivity index (χ0n) is 11.2. The van der Waals surface area contributed by atoms with Gasteiger partial charge in [0.25, 0.3) is 5.56 Å². The predicted molar refractivity (Wildman–Crippen MR) is 76.5 cm³/mol. The second-order valence-corrected chi connectivity index (χ2v) is 4.42. The molecule has 21 heavy (non-hydrogen) atoms. The molecule has 0 fully saturated rings. The third-order valence-electron chi connectivity index (χ3n) is 3.12. The van der Waals surface area contributed by atoms with Gasteiger partial charge in [-0.25, -0.2) is 14.8 Å². The zero-order chi connectivity index (χ0) is 14.8. The monoisotopic (exact) mass is 284 g/mol. The summed E-state index contributed by atoms with van der Waals surface area (Å²) in [4.78, 5) is 34.7. The number of methoxy groups -OCH3 is 1. The van der Waals surface area contributed by atoms with Crippen molar-refractivity contribution in [1.82, 2.24) is 19.5 Å². The molecule has 7 nitrogen and oxygen atoms in total. The van der Waals surface area contributed by atoms with Crippen molar-refractivity contribution in [3.8, 4) is 5.75 Å². The quantitative estimate of drug-likeness (QED) is 0.758. The molecule has 1 N–H and O–H groups in total. The summed E-state index contributed by atoms with van der Waals surface area (Å²) in [5.74, 6) is 0.712. The maximum atomic E-state index is 12.3. The van der Waals surface area contributed by atoms with E-state index in [-0.39, 0.29) is 17.7 Å². The van der Waals surface area contributed by atoms with E-state index in [0.29, 0.717) is 5.75 Å². The largest absolute Gasteiger partial charge is 0.497 e. The molecule has 0 unspecified atom stereocenters. The van der Waals surface area contributed by atoms with Crippen LogP contribution in [0.4, 0.5) is 0 Å². The van der Waals surface area contributed by atoms with Crippen LogP contribution in [0.15, 0.2) is 46.2 Å². The number of rotatable bonds is 3. The predicted octanol–water partition coefficient (Wildman–Crippen LogP) is 0.537. The van der Waals surface area contributed by atoms with Crippen LogP contribution in [0, 0.1) is 0 Å². The summed E-state index contributed by atoms with van der Waals surface area (Å²) < 4.78 is 6.17. The first-order valence-corrected chi connectivity index (χ1v) is 6.26. The van der Waals surface area contributed by atoms with Gasteiger partial charge in [-0.15, -0.1) is 0 Å². The second-order valence-electron chi connectivity index (χ2n) is 4.42. The maximum absolute atomic E-state index is 12.3. The van der Waals surface area contributed by atoms with Gasteiger partial charge in [0.05, 0.1) is 13.7 Å². The van der Waals surface area contributed by atoms with Crippen LogP contribution in [-0.2, 0) is 6.54 Å². The van der Waals surface area contributed by atoms with Gasteiger partial charge in [0.15, 0.2) is 11.2 Å². The van der Waals surface area contributed by atoms with Crippen LogP contribution in [-0.4, -0.2) is 26.6 Å². The highest BCUT2D eigenvalue weighted by Gasteiger charge is 2.09. The molecule has 0 bridgehead atoms. The van der Waals surface area contributed by atoms with Gasteiger partial charge in [-0.1, -0.05) is 12.1 Å². The number of fused-ring (bicyclic) bond motifs is 1. The number of aromatic amines is 1. The molecule has 3 aromatic rings. The Hall–Kier alpha value is -2.96. The molecule has 0 saturated heterocycles. The van der Waals surface area contributed by atoms with Gasteiger partial charge < -0.3 is 4.74 Å². The molecule has 3 rings (SSSR count). The topological polar surface area (TPSA) is 89.9 Å². The Kier molecular flexibility index (Phi) is 3.23. The summed E-state index contributed by atoms with van der Waals surface area (Å²) in [6, 6.07) is 7.14. The smallest absolute Gasteiger partial charge is 0.330 e. The Bertz CT molecular complexity index is 896. The van der Waals surface area contributed by atoms with E-state index in [1.807, 2.05) is 0 Å². The molecule has 0 saturated carbocycles. The summed E-state index contributed by atoms with van der Waals surface area (Å²) in [6.45, 7) is 0.157. The molecule has 7 heteroatoms. The molecule has 106 valence electrons. The summed E-state index contributed by atoms with van der Waals surface area (Å²) in [5, 5.41) is 0. The molecule has 2 heterocycles. The number of hydrogen-bond donors (Lipinski definition) is 1. The molecule has 1 aromatic carbocycles. The van der Waals surface area contributed by atoms with Crippen LogP contribution in [0.3, 0.4) is 0 Å². The first kappa shape index (κ1) is 13.0. The third kappa shape index (κ3) is 2.40. The first-order valence-electron chi connectivity index (χ1n) is 6.26. The molecular weight excluding hydrogens is 272 g/mol. The fraction of sp³-hybridized carbons (Fsp3) is 0.143. The van der Waals surface area contributed by atoms with E-state index in [2.05, 4.69) is 15.0 Å². The standard InChI is InChI=1S/C14H12N4O3/c1-21-10-4-2-9(3-5-10)8-18-13(19)11-12(17-14(18)20)16-7-6-15-11/h2-7H,8H2,1H3,(H,16,17,20). The summed E-state index contributed by atoms with van der Waals surface area (Å²) in [6.07, 6.45) is 2.84. The van der Waals surface area contributed by atoms with Crippen LogP contribution in [0.25, 0.3) is 11.2 Å². The Morgan fingerprint density at radius 1 is 1.14 bits per heavy atom. The van der Waals surface area contributed by atoms with Crippen LogP contribution in [0.2, 0.25) is 0 Å². The SMILES string of the molecule is COc1ccc(Cn2c(=O)[nH]c3nccnc3c2=O)cc1. The first-order chi connectivity index (χ1) is 10.2. The summed E-state index contributed by atoms with van der Waals surface area (Å²) in [5.41, 5.74) is 0.178. The minimum Gasteiger partial charge on any atom is -0.497 e. The molecule has 0 radical (unpaired) electrons. The number of aromatic nitrogens is 4. The van der Waals surface area contributed by atoms with E-state index in [9.17, 15) is 9.59 Å². The lowest BCUT2D eigenvalue weighted by atomic mass is 10.2. The maximum Gasteiger partial charge on any atom is 0.330 e. The third-order valence-corrected chi connectivity index (χ3v) is 3.12. The van der Waals surface area contributed by atoms with Crippen molar-refractivity contribution in [3.63, 3.8) is 0 Å². The Morgan fingerprint density at radius 2 is 1.86 bits per heavy atom. The van der Waals surface area contributed by atoms with Crippen LogP contribution < -0.4 is 16.0 Å². The molecule has 0 aliphatic rings. The van der Waals surface area contributed by atoms with Gasteiger partial charge in [-0.05, 0) is 17.7 Å². The lowest BCUT2D eigenvalue weighted by Gasteiger charge is -2.06. The van der Waals surface area contributed by atoms with Crippen molar-refractivity contribution in [2.45, 2.75) is 6.54 Å². The van der Waals surface area contributed by atoms with Crippen molar-refractivity contribution in [1.29, 1.82) is 0 Å². The fourth-order valence-corrected chi connectivity index (χ4v) is 2.03. The van der Waals surface area contributed by atoms with Gasteiger partial charge in [0.1, 0.15) is 5.75 Å². The Morgan fingerprint density at radius 3 is 2.57 bits per heavy atom. The molecule has 0 amide bonds. The normalized spacial score (nSPS) is 10.7. The van der Waals surface area contributed by atoms with Gasteiger partial charge in [0.2, 0.25) is 0 Å². The van der Waals surface area contributed by atoms with Crippen molar-refractivity contribution < 1.29 is 4.74 Å². The Balaban J connectivity index is 2.07. The number of H-pyrrole nitrogens is 1. The zero-order valence-corrected chi connectivity index (χ0v) is 11.2. The van der Waals surface area contributed by atoms with Gasteiger partial charge in [-0.3, -0.25) is 14.3 Å². The van der Waals surface area contributed by atoms with Gasteiger partial charge >= 0.3 is 5.69 Å². The highest BCUT2D eigenvalue weighted by atomic mass is 16.5. The minimum absolute atomic E-state index is 0.144. The van der Waals surface area contributed by atoms with Gasteiger partial charge in [-0.2, -0.15) is 0 Å². The summed E-state index contributed by atoms with van der Waals surface area (Å²) in [7, 11) is 1.58. The average molecular weight is 284 g/mol. The van der Waals surface area contributed by atoms with E-state index in [1.54, 1.807) is 31.4 Å². The van der Waals surface area contributed by atoms with Crippen LogP contribution in [0.5, 0.6) is 5.75 Å². The van der Waals surface area contributed by atoms with Crippen molar-refractivity contribution >= 4 is 11.2 Å². The highest BCUT2D eigenvalue weighted by molar-refractivity contribution is 5.66. The van der Waals surface area contributed by atoms with E-state index >= 15 is 0 Å². The average Bonchev–Trinajstić information content (AvgIpc) is 2.52. The van der Waals surface area contributed by atoms with Crippen molar-refractivity contribution in [2.24, 2.45) is 0 Å². The van der Waals surface area contributed by atoms with E-state index in [4.69, 9.17) is 4.74 Å². The number of benzene rings is 1.